The summed E-state index contributed by atoms with van der Waals surface area (Å²) < 4.78 is 17.5. The van der Waals surface area contributed by atoms with Crippen molar-refractivity contribution in [3.63, 3.8) is 0 Å². The fraction of sp³-hybridized carbons (Fsp3) is 0.278. The highest BCUT2D eigenvalue weighted by atomic mass is 19.1. The number of benzene rings is 1. The highest BCUT2D eigenvalue weighted by Crippen LogP contribution is 2.24. The van der Waals surface area contributed by atoms with Crippen molar-refractivity contribution in [3.05, 3.63) is 48.4 Å². The molecule has 3 aromatic heterocycles. The van der Waals surface area contributed by atoms with Crippen LogP contribution in [0.2, 0.25) is 0 Å². The first-order chi connectivity index (χ1) is 12.0. The summed E-state index contributed by atoms with van der Waals surface area (Å²) in [6.45, 7) is 2.08. The third kappa shape index (κ3) is 2.71. The molecule has 0 saturated carbocycles. The number of hydrogen-bond donors (Lipinski definition) is 1. The molecule has 0 aliphatic carbocycles. The molecule has 128 valence electrons. The Labute approximate surface area is 144 Å². The van der Waals surface area contributed by atoms with Crippen LogP contribution in [0.5, 0.6) is 0 Å². The van der Waals surface area contributed by atoms with Gasteiger partial charge < -0.3 is 14.5 Å². The fourth-order valence-electron chi connectivity index (χ4n) is 3.27. The zero-order valence-corrected chi connectivity index (χ0v) is 14.4. The minimum atomic E-state index is -0.216. The molecule has 25 heavy (non-hydrogen) atoms. The lowest BCUT2D eigenvalue weighted by molar-refractivity contribution is 0.629. The molecule has 0 fully saturated rings. The lowest BCUT2D eigenvalue weighted by atomic mass is 10.1. The summed E-state index contributed by atoms with van der Waals surface area (Å²) in [5.41, 5.74) is 3.67. The van der Waals surface area contributed by atoms with Crippen molar-refractivity contribution in [1.82, 2.24) is 24.1 Å². The zero-order chi connectivity index (χ0) is 17.6. The molecule has 4 aromatic rings. The first kappa shape index (κ1) is 15.6. The first-order valence-electron chi connectivity index (χ1n) is 8.15. The highest BCUT2D eigenvalue weighted by Gasteiger charge is 2.14. The maximum Gasteiger partial charge on any atom is 0.165 e. The summed E-state index contributed by atoms with van der Waals surface area (Å²) in [6, 6.07) is 5.01. The van der Waals surface area contributed by atoms with Crippen LogP contribution in [0.4, 0.5) is 10.2 Å². The van der Waals surface area contributed by atoms with Crippen LogP contribution in [-0.4, -0.2) is 30.1 Å². The van der Waals surface area contributed by atoms with Gasteiger partial charge in [-0.25, -0.2) is 19.3 Å². The second kappa shape index (κ2) is 5.84. The summed E-state index contributed by atoms with van der Waals surface area (Å²) >= 11 is 0. The number of nitrogens with one attached hydrogen (secondary N) is 1. The maximum atomic E-state index is 13.6. The molecule has 0 bridgehead atoms. The third-order valence-electron chi connectivity index (χ3n) is 4.44. The van der Waals surface area contributed by atoms with Crippen molar-refractivity contribution in [2.24, 2.45) is 14.1 Å². The van der Waals surface area contributed by atoms with Gasteiger partial charge in [0.25, 0.3) is 0 Å². The van der Waals surface area contributed by atoms with Crippen molar-refractivity contribution in [2.45, 2.75) is 19.4 Å². The molecular weight excluding hydrogens is 319 g/mol. The molecule has 3 heterocycles. The van der Waals surface area contributed by atoms with Gasteiger partial charge in [-0.05, 0) is 37.1 Å². The second-order valence-electron chi connectivity index (χ2n) is 6.43. The number of halogens is 1. The molecule has 0 saturated heterocycles. The predicted octanol–water partition coefficient (Wildman–Crippen LogP) is 3.04. The molecule has 0 unspecified atom stereocenters. The van der Waals surface area contributed by atoms with Crippen molar-refractivity contribution in [2.75, 3.05) is 5.32 Å². The quantitative estimate of drug-likeness (QED) is 0.621. The summed E-state index contributed by atoms with van der Waals surface area (Å²) in [4.78, 5) is 12.9. The Kier molecular flexibility index (Phi) is 3.63. The predicted molar refractivity (Wildman–Crippen MR) is 96.0 cm³/mol. The normalized spacial score (nSPS) is 12.8. The van der Waals surface area contributed by atoms with Crippen LogP contribution >= 0.6 is 0 Å². The van der Waals surface area contributed by atoms with E-state index in [0.29, 0.717) is 5.82 Å². The SMILES string of the molecule is C[C@@H](Cc1cn(C)c2ccc(F)cc12)Nc1ncnc2c1ncn2C. The van der Waals surface area contributed by atoms with E-state index in [9.17, 15) is 4.39 Å². The lowest BCUT2D eigenvalue weighted by Gasteiger charge is -2.14. The van der Waals surface area contributed by atoms with Crippen LogP contribution < -0.4 is 5.32 Å². The van der Waals surface area contributed by atoms with E-state index in [1.807, 2.05) is 29.3 Å². The topological polar surface area (TPSA) is 60.6 Å². The van der Waals surface area contributed by atoms with Gasteiger partial charge in [0.05, 0.1) is 6.33 Å². The van der Waals surface area contributed by atoms with Gasteiger partial charge in [0, 0.05) is 37.2 Å². The Morgan fingerprint density at radius 1 is 1.16 bits per heavy atom. The number of imidazole rings is 1. The summed E-state index contributed by atoms with van der Waals surface area (Å²) in [6.07, 6.45) is 6.06. The van der Waals surface area contributed by atoms with Crippen molar-refractivity contribution < 1.29 is 4.39 Å². The largest absolute Gasteiger partial charge is 0.365 e. The highest BCUT2D eigenvalue weighted by molar-refractivity contribution is 5.85. The molecule has 0 spiro atoms. The monoisotopic (exact) mass is 338 g/mol. The molecule has 4 rings (SSSR count). The molecule has 0 aliphatic heterocycles. The van der Waals surface area contributed by atoms with Gasteiger partial charge in [0.1, 0.15) is 17.7 Å². The Morgan fingerprint density at radius 3 is 2.84 bits per heavy atom. The van der Waals surface area contributed by atoms with Crippen LogP contribution in [0.3, 0.4) is 0 Å². The Hall–Kier alpha value is -2.96. The van der Waals surface area contributed by atoms with Crippen LogP contribution in [0.15, 0.2) is 37.1 Å². The standard InChI is InChI=1S/C18H19FN6/c1-11(23-17-16-18(21-9-20-17)25(3)10-22-16)6-12-8-24(2)15-5-4-13(19)7-14(12)15/h4-5,7-11H,6H2,1-3H3,(H,20,21,23)/t11-/m0/s1. The van der Waals surface area contributed by atoms with Gasteiger partial charge in [-0.3, -0.25) is 0 Å². The number of fused-ring (bicyclic) bond motifs is 2. The van der Waals surface area contributed by atoms with Crippen LogP contribution in [-0.2, 0) is 20.5 Å². The molecule has 7 heteroatoms. The maximum absolute atomic E-state index is 13.6. The molecule has 0 radical (unpaired) electrons. The van der Waals surface area contributed by atoms with Crippen LogP contribution in [0.25, 0.3) is 22.1 Å². The third-order valence-corrected chi connectivity index (χ3v) is 4.44. The number of aryl methyl sites for hydroxylation is 2. The zero-order valence-electron chi connectivity index (χ0n) is 14.4. The second-order valence-corrected chi connectivity index (χ2v) is 6.43. The Bertz CT molecular complexity index is 1060. The van der Waals surface area contributed by atoms with E-state index in [1.165, 1.54) is 12.4 Å². The van der Waals surface area contributed by atoms with E-state index < -0.39 is 0 Å². The number of aromatic nitrogens is 5. The fourth-order valence-corrected chi connectivity index (χ4v) is 3.27. The first-order valence-corrected chi connectivity index (χ1v) is 8.15. The van der Waals surface area contributed by atoms with Gasteiger partial charge >= 0.3 is 0 Å². The lowest BCUT2D eigenvalue weighted by Crippen LogP contribution is -2.19. The van der Waals surface area contributed by atoms with Crippen LogP contribution in [0.1, 0.15) is 12.5 Å². The van der Waals surface area contributed by atoms with E-state index in [1.54, 1.807) is 12.4 Å². The summed E-state index contributed by atoms with van der Waals surface area (Å²) in [7, 11) is 3.88. The van der Waals surface area contributed by atoms with Gasteiger partial charge in [-0.2, -0.15) is 0 Å². The van der Waals surface area contributed by atoms with Gasteiger partial charge in [0.15, 0.2) is 11.5 Å². The number of rotatable bonds is 4. The van der Waals surface area contributed by atoms with E-state index in [-0.39, 0.29) is 11.9 Å². The smallest absolute Gasteiger partial charge is 0.165 e. The van der Waals surface area contributed by atoms with E-state index in [2.05, 4.69) is 33.4 Å². The molecule has 0 amide bonds. The average molecular weight is 338 g/mol. The minimum Gasteiger partial charge on any atom is -0.365 e. The van der Waals surface area contributed by atoms with E-state index >= 15 is 0 Å². The molecule has 6 nitrogen and oxygen atoms in total. The molecule has 0 aliphatic rings. The Morgan fingerprint density at radius 2 is 2.00 bits per heavy atom. The van der Waals surface area contributed by atoms with E-state index in [4.69, 9.17) is 0 Å². The van der Waals surface area contributed by atoms with Gasteiger partial charge in [-0.1, -0.05) is 0 Å². The molecule has 1 atom stereocenters. The summed E-state index contributed by atoms with van der Waals surface area (Å²) in [5, 5.41) is 4.35. The van der Waals surface area contributed by atoms with Crippen molar-refractivity contribution in [3.8, 4) is 0 Å². The molecule has 1 N–H and O–H groups in total. The Balaban J connectivity index is 1.62. The molecule has 1 aromatic carbocycles. The molecular formula is C18H19FN6. The van der Waals surface area contributed by atoms with Crippen molar-refractivity contribution >= 4 is 27.9 Å². The van der Waals surface area contributed by atoms with Crippen LogP contribution in [0, 0.1) is 5.82 Å². The van der Waals surface area contributed by atoms with Gasteiger partial charge in [0.2, 0.25) is 0 Å². The number of anilines is 1. The average Bonchev–Trinajstić information content (AvgIpc) is 3.09. The van der Waals surface area contributed by atoms with Gasteiger partial charge in [-0.15, -0.1) is 0 Å². The number of hydrogen-bond acceptors (Lipinski definition) is 4. The number of nitrogens with zero attached hydrogens (tertiary/aromatic N) is 5. The van der Waals surface area contributed by atoms with E-state index in [0.717, 1.165) is 34.1 Å². The van der Waals surface area contributed by atoms with Crippen molar-refractivity contribution in [1.29, 1.82) is 0 Å². The summed E-state index contributed by atoms with van der Waals surface area (Å²) in [5.74, 6) is 0.496. The minimum absolute atomic E-state index is 0.106.